The van der Waals surface area contributed by atoms with E-state index in [9.17, 15) is 0 Å². The lowest BCUT2D eigenvalue weighted by molar-refractivity contribution is 0.341. The number of benzene rings is 1. The first kappa shape index (κ1) is 14.5. The molecule has 5 nitrogen and oxygen atoms in total. The first-order valence-electron chi connectivity index (χ1n) is 6.27. The van der Waals surface area contributed by atoms with Gasteiger partial charge in [-0.3, -0.25) is 0 Å². The molecule has 0 atom stereocenters. The molecule has 0 saturated carbocycles. The van der Waals surface area contributed by atoms with Crippen LogP contribution in [0.25, 0.3) is 0 Å². The Morgan fingerprint density at radius 2 is 1.80 bits per heavy atom. The molecule has 1 heterocycles. The number of ether oxygens (including phenoxy) is 1. The van der Waals surface area contributed by atoms with Crippen LogP contribution in [0.4, 0.5) is 11.6 Å². The Kier molecular flexibility index (Phi) is 4.68. The van der Waals surface area contributed by atoms with Crippen molar-refractivity contribution < 1.29 is 4.74 Å². The van der Waals surface area contributed by atoms with Crippen LogP contribution in [-0.2, 0) is 0 Å². The summed E-state index contributed by atoms with van der Waals surface area (Å²) < 4.78 is 5.76. The Labute approximate surface area is 122 Å². The van der Waals surface area contributed by atoms with E-state index in [4.69, 9.17) is 16.2 Å². The molecule has 2 aromatic rings. The number of aromatic nitrogens is 2. The van der Waals surface area contributed by atoms with Crippen molar-refractivity contribution in [2.24, 2.45) is 0 Å². The van der Waals surface area contributed by atoms with E-state index in [-0.39, 0.29) is 0 Å². The van der Waals surface area contributed by atoms with E-state index in [1.165, 1.54) is 23.4 Å². The first-order valence-corrected chi connectivity index (χ1v) is 7.26. The van der Waals surface area contributed by atoms with Crippen molar-refractivity contribution in [1.29, 1.82) is 0 Å². The van der Waals surface area contributed by atoms with Crippen molar-refractivity contribution in [3.8, 4) is 5.75 Å². The lowest BCUT2D eigenvalue weighted by Gasteiger charge is -2.09. The molecule has 0 saturated heterocycles. The topological polar surface area (TPSA) is 87.0 Å². The van der Waals surface area contributed by atoms with Gasteiger partial charge in [-0.25, -0.2) is 9.97 Å². The number of nitrogen functional groups attached to an aromatic ring is 2. The number of aryl methyl sites for hydroxylation is 2. The summed E-state index contributed by atoms with van der Waals surface area (Å²) in [4.78, 5) is 8.21. The van der Waals surface area contributed by atoms with Gasteiger partial charge in [0.15, 0.2) is 5.16 Å². The highest BCUT2D eigenvalue weighted by atomic mass is 32.2. The molecular formula is C14H18N4OS. The zero-order chi connectivity index (χ0) is 14.5. The van der Waals surface area contributed by atoms with Gasteiger partial charge in [0.1, 0.15) is 17.4 Å². The zero-order valence-electron chi connectivity index (χ0n) is 11.6. The van der Waals surface area contributed by atoms with Gasteiger partial charge in [-0.15, -0.1) is 0 Å². The fourth-order valence-corrected chi connectivity index (χ4v) is 2.36. The normalized spacial score (nSPS) is 10.5. The van der Waals surface area contributed by atoms with Crippen LogP contribution in [0, 0.1) is 13.8 Å². The van der Waals surface area contributed by atoms with Crippen LogP contribution >= 0.6 is 11.8 Å². The summed E-state index contributed by atoms with van der Waals surface area (Å²) in [6.45, 7) is 4.65. The highest BCUT2D eigenvalue weighted by Gasteiger charge is 2.03. The maximum atomic E-state index is 5.76. The van der Waals surface area contributed by atoms with Gasteiger partial charge in [0.2, 0.25) is 0 Å². The van der Waals surface area contributed by atoms with Crippen molar-refractivity contribution >= 4 is 23.4 Å². The summed E-state index contributed by atoms with van der Waals surface area (Å²) in [6, 6.07) is 7.70. The van der Waals surface area contributed by atoms with Crippen molar-refractivity contribution in [3.63, 3.8) is 0 Å². The second-order valence-corrected chi connectivity index (χ2v) is 5.53. The number of hydrogen-bond donors (Lipinski definition) is 2. The Bertz CT molecular complexity index is 583. The SMILES string of the molecule is Cc1ccc(C)c(OCCSc2nc(N)cc(N)n2)c1. The van der Waals surface area contributed by atoms with Crippen LogP contribution in [0.5, 0.6) is 5.75 Å². The van der Waals surface area contributed by atoms with Gasteiger partial charge < -0.3 is 16.2 Å². The number of thioether (sulfide) groups is 1. The molecule has 0 amide bonds. The van der Waals surface area contributed by atoms with Gasteiger partial charge >= 0.3 is 0 Å². The summed E-state index contributed by atoms with van der Waals surface area (Å²) in [5, 5.41) is 0.576. The zero-order valence-corrected chi connectivity index (χ0v) is 12.4. The highest BCUT2D eigenvalue weighted by molar-refractivity contribution is 7.99. The fourth-order valence-electron chi connectivity index (χ4n) is 1.67. The minimum Gasteiger partial charge on any atom is -0.492 e. The van der Waals surface area contributed by atoms with E-state index >= 15 is 0 Å². The van der Waals surface area contributed by atoms with Crippen LogP contribution in [-0.4, -0.2) is 22.3 Å². The van der Waals surface area contributed by atoms with Crippen molar-refractivity contribution in [2.75, 3.05) is 23.8 Å². The maximum absolute atomic E-state index is 5.76. The number of nitrogens with zero attached hydrogens (tertiary/aromatic N) is 2. The van der Waals surface area contributed by atoms with Crippen LogP contribution in [0.15, 0.2) is 29.4 Å². The van der Waals surface area contributed by atoms with E-state index in [1.54, 1.807) is 0 Å². The smallest absolute Gasteiger partial charge is 0.191 e. The minimum absolute atomic E-state index is 0.385. The highest BCUT2D eigenvalue weighted by Crippen LogP contribution is 2.20. The Morgan fingerprint density at radius 3 is 2.50 bits per heavy atom. The summed E-state index contributed by atoms with van der Waals surface area (Å²) in [5.74, 6) is 2.42. The average molecular weight is 290 g/mol. The molecule has 4 N–H and O–H groups in total. The predicted molar refractivity (Wildman–Crippen MR) is 83.0 cm³/mol. The van der Waals surface area contributed by atoms with Crippen LogP contribution in [0.3, 0.4) is 0 Å². The number of hydrogen-bond acceptors (Lipinski definition) is 6. The lowest BCUT2D eigenvalue weighted by atomic mass is 10.1. The molecule has 0 aliphatic rings. The van der Waals surface area contributed by atoms with Gasteiger partial charge in [0, 0.05) is 11.8 Å². The van der Waals surface area contributed by atoms with Gasteiger partial charge in [0.05, 0.1) is 6.61 Å². The number of rotatable bonds is 5. The summed E-state index contributed by atoms with van der Waals surface area (Å²) in [6.07, 6.45) is 0. The molecule has 1 aromatic carbocycles. The fraction of sp³-hybridized carbons (Fsp3) is 0.286. The molecule has 0 unspecified atom stereocenters. The lowest BCUT2D eigenvalue weighted by Crippen LogP contribution is -2.04. The monoisotopic (exact) mass is 290 g/mol. The van der Waals surface area contributed by atoms with Crippen molar-refractivity contribution in [2.45, 2.75) is 19.0 Å². The molecule has 0 spiro atoms. The molecule has 106 valence electrons. The molecule has 0 aliphatic heterocycles. The molecular weight excluding hydrogens is 272 g/mol. The van der Waals surface area contributed by atoms with E-state index in [0.29, 0.717) is 23.4 Å². The van der Waals surface area contributed by atoms with E-state index < -0.39 is 0 Å². The van der Waals surface area contributed by atoms with Crippen LogP contribution in [0.1, 0.15) is 11.1 Å². The predicted octanol–water partition coefficient (Wildman–Crippen LogP) is 2.43. The Morgan fingerprint density at radius 1 is 1.10 bits per heavy atom. The number of nitrogens with two attached hydrogens (primary N) is 2. The van der Waals surface area contributed by atoms with Crippen LogP contribution in [0.2, 0.25) is 0 Å². The first-order chi connectivity index (χ1) is 9.54. The van der Waals surface area contributed by atoms with Gasteiger partial charge in [-0.1, -0.05) is 23.9 Å². The second-order valence-electron chi connectivity index (χ2n) is 4.47. The summed E-state index contributed by atoms with van der Waals surface area (Å²) >= 11 is 1.47. The quantitative estimate of drug-likeness (QED) is 0.499. The average Bonchev–Trinajstić information content (AvgIpc) is 2.37. The molecule has 0 bridgehead atoms. The van der Waals surface area contributed by atoms with Gasteiger partial charge in [-0.05, 0) is 31.0 Å². The second kappa shape index (κ2) is 6.47. The van der Waals surface area contributed by atoms with Gasteiger partial charge in [0.25, 0.3) is 0 Å². The third-order valence-electron chi connectivity index (χ3n) is 2.66. The summed E-state index contributed by atoms with van der Waals surface area (Å²) in [7, 11) is 0. The van der Waals surface area contributed by atoms with Crippen molar-refractivity contribution in [3.05, 3.63) is 35.4 Å². The molecule has 0 radical (unpaired) electrons. The van der Waals surface area contributed by atoms with Crippen LogP contribution < -0.4 is 16.2 Å². The Balaban J connectivity index is 1.86. The summed E-state index contributed by atoms with van der Waals surface area (Å²) in [5.41, 5.74) is 13.5. The molecule has 0 fully saturated rings. The van der Waals surface area contributed by atoms with E-state index in [1.807, 2.05) is 19.9 Å². The number of anilines is 2. The van der Waals surface area contributed by atoms with Crippen molar-refractivity contribution in [1.82, 2.24) is 9.97 Å². The molecule has 0 aliphatic carbocycles. The van der Waals surface area contributed by atoms with E-state index in [2.05, 4.69) is 22.1 Å². The van der Waals surface area contributed by atoms with Gasteiger partial charge in [-0.2, -0.15) is 0 Å². The molecule has 1 aromatic heterocycles. The molecule has 6 heteroatoms. The standard InChI is InChI=1S/C14H18N4OS/c1-9-3-4-10(2)11(7-9)19-5-6-20-14-17-12(15)8-13(16)18-14/h3-4,7-8H,5-6H2,1-2H3,(H4,15,16,17,18). The van der Waals surface area contributed by atoms with E-state index in [0.717, 1.165) is 17.1 Å². The third-order valence-corrected chi connectivity index (χ3v) is 3.47. The third kappa shape index (κ3) is 4.03. The molecule has 2 rings (SSSR count). The largest absolute Gasteiger partial charge is 0.492 e. The molecule has 20 heavy (non-hydrogen) atoms. The Hall–Kier alpha value is -1.95. The maximum Gasteiger partial charge on any atom is 0.191 e. The minimum atomic E-state index is 0.385.